The average molecular weight is 450 g/mol. The summed E-state index contributed by atoms with van der Waals surface area (Å²) in [5.74, 6) is -0.668. The van der Waals surface area contributed by atoms with Crippen molar-refractivity contribution in [1.29, 1.82) is 0 Å². The van der Waals surface area contributed by atoms with E-state index in [2.05, 4.69) is 5.32 Å². The van der Waals surface area contributed by atoms with Crippen LogP contribution in [0.25, 0.3) is 10.8 Å². The molecule has 1 amide bonds. The number of aliphatic carboxylic acids is 1. The van der Waals surface area contributed by atoms with Gasteiger partial charge in [-0.3, -0.25) is 5.32 Å². The Bertz CT molecular complexity index is 1150. The van der Waals surface area contributed by atoms with Gasteiger partial charge >= 0.3 is 12.1 Å². The second kappa shape index (κ2) is 10.7. The summed E-state index contributed by atoms with van der Waals surface area (Å²) in [4.78, 5) is 24.1. The van der Waals surface area contributed by atoms with Crippen LogP contribution < -0.4 is 10.1 Å². The first-order valence-electron chi connectivity index (χ1n) is 10.5. The zero-order chi connectivity index (χ0) is 23.8. The highest BCUT2D eigenvalue weighted by molar-refractivity contribution is 6.00. The molecule has 0 unspecified atom stereocenters. The van der Waals surface area contributed by atoms with Gasteiger partial charge in [-0.15, -0.1) is 0 Å². The number of amides is 1. The predicted octanol–water partition coefficient (Wildman–Crippen LogP) is 5.17. The van der Waals surface area contributed by atoms with Gasteiger partial charge in [0.1, 0.15) is 18.5 Å². The van der Waals surface area contributed by atoms with Gasteiger partial charge in [0, 0.05) is 22.4 Å². The molecule has 33 heavy (non-hydrogen) atoms. The van der Waals surface area contributed by atoms with E-state index >= 15 is 0 Å². The van der Waals surface area contributed by atoms with Crippen molar-refractivity contribution in [3.05, 3.63) is 84.4 Å². The molecular weight excluding hydrogens is 422 g/mol. The maximum atomic E-state index is 13.0. The predicted molar refractivity (Wildman–Crippen MR) is 126 cm³/mol. The first-order valence-corrected chi connectivity index (χ1v) is 10.5. The van der Waals surface area contributed by atoms with Crippen LogP contribution in [0.3, 0.4) is 0 Å². The summed E-state index contributed by atoms with van der Waals surface area (Å²) in [5.41, 5.74) is 0.257. The van der Waals surface area contributed by atoms with Crippen LogP contribution in [0.1, 0.15) is 25.5 Å². The van der Waals surface area contributed by atoms with E-state index in [1.54, 1.807) is 44.2 Å². The van der Waals surface area contributed by atoms with Crippen molar-refractivity contribution in [2.24, 2.45) is 5.41 Å². The second-order valence-electron chi connectivity index (χ2n) is 8.04. The maximum Gasteiger partial charge on any atom is 0.412 e. The molecule has 0 saturated heterocycles. The van der Waals surface area contributed by atoms with E-state index in [1.165, 1.54) is 6.08 Å². The lowest BCUT2D eigenvalue weighted by Gasteiger charge is -2.32. The monoisotopic (exact) mass is 449 g/mol. The number of anilines is 1. The Balaban J connectivity index is 1.94. The summed E-state index contributed by atoms with van der Waals surface area (Å²) in [5, 5.41) is 22.9. The highest BCUT2D eigenvalue weighted by atomic mass is 16.6. The summed E-state index contributed by atoms with van der Waals surface area (Å²) in [6, 6.07) is 20.2. The molecule has 0 heterocycles. The van der Waals surface area contributed by atoms with E-state index in [1.807, 2.05) is 36.4 Å². The van der Waals surface area contributed by atoms with Crippen LogP contribution in [-0.2, 0) is 9.53 Å². The molecular formula is C26H27NO6. The van der Waals surface area contributed by atoms with Gasteiger partial charge in [0.15, 0.2) is 0 Å². The van der Waals surface area contributed by atoms with Crippen molar-refractivity contribution >= 4 is 28.5 Å². The molecule has 7 heteroatoms. The van der Waals surface area contributed by atoms with Gasteiger partial charge < -0.3 is 19.7 Å². The first kappa shape index (κ1) is 23.8. The Morgan fingerprint density at radius 1 is 1.03 bits per heavy atom. The molecule has 3 aromatic carbocycles. The SMILES string of the molecule is CC(C)(/C=C/C(=O)O)[C@@H](OC(=O)Nc1cccc2ccccc12)c1ccccc1OCCO. The van der Waals surface area contributed by atoms with Gasteiger partial charge in [0.25, 0.3) is 0 Å². The molecule has 0 spiro atoms. The third kappa shape index (κ3) is 6.11. The molecule has 0 radical (unpaired) electrons. The Morgan fingerprint density at radius 3 is 2.48 bits per heavy atom. The van der Waals surface area contributed by atoms with Crippen molar-refractivity contribution < 1.29 is 29.3 Å². The number of rotatable bonds is 9. The van der Waals surface area contributed by atoms with E-state index in [9.17, 15) is 9.59 Å². The standard InChI is InChI=1S/C26H27NO6/c1-26(2,15-14-23(29)30)24(20-11-5-6-13-22(20)32-17-16-28)33-25(31)27-21-12-7-9-18-8-3-4-10-19(18)21/h3-15,24,28H,16-17H2,1-2H3,(H,27,31)(H,29,30)/b15-14+/t24-/m0/s1. The van der Waals surface area contributed by atoms with Crippen molar-refractivity contribution in [3.8, 4) is 5.75 Å². The molecule has 0 aromatic heterocycles. The van der Waals surface area contributed by atoms with Gasteiger partial charge in [-0.25, -0.2) is 9.59 Å². The Labute approximate surface area is 192 Å². The number of aliphatic hydroxyl groups excluding tert-OH is 1. The molecule has 0 aliphatic rings. The summed E-state index contributed by atoms with van der Waals surface area (Å²) in [6.07, 6.45) is 0.938. The van der Waals surface area contributed by atoms with Gasteiger partial charge in [-0.2, -0.15) is 0 Å². The van der Waals surface area contributed by atoms with Crippen LogP contribution in [0.5, 0.6) is 5.75 Å². The normalized spacial score (nSPS) is 12.5. The van der Waals surface area contributed by atoms with E-state index in [0.717, 1.165) is 16.8 Å². The van der Waals surface area contributed by atoms with E-state index < -0.39 is 23.6 Å². The minimum atomic E-state index is -1.10. The van der Waals surface area contributed by atoms with Crippen molar-refractivity contribution in [3.63, 3.8) is 0 Å². The number of nitrogens with one attached hydrogen (secondary N) is 1. The van der Waals surface area contributed by atoms with E-state index in [-0.39, 0.29) is 13.2 Å². The first-order chi connectivity index (χ1) is 15.8. The van der Waals surface area contributed by atoms with Crippen LogP contribution in [0.4, 0.5) is 10.5 Å². The average Bonchev–Trinajstić information content (AvgIpc) is 2.80. The number of ether oxygens (including phenoxy) is 2. The summed E-state index contributed by atoms with van der Waals surface area (Å²) in [6.45, 7) is 3.43. The third-order valence-electron chi connectivity index (χ3n) is 5.13. The molecule has 0 saturated carbocycles. The minimum Gasteiger partial charge on any atom is -0.491 e. The van der Waals surface area contributed by atoms with Crippen molar-refractivity contribution in [2.45, 2.75) is 20.0 Å². The molecule has 0 bridgehead atoms. The number of hydrogen-bond acceptors (Lipinski definition) is 5. The molecule has 3 rings (SSSR count). The Morgan fingerprint density at radius 2 is 1.73 bits per heavy atom. The van der Waals surface area contributed by atoms with Gasteiger partial charge in [-0.1, -0.05) is 74.5 Å². The smallest absolute Gasteiger partial charge is 0.412 e. The van der Waals surface area contributed by atoms with Crippen LogP contribution in [0, 0.1) is 5.41 Å². The molecule has 0 aliphatic carbocycles. The molecule has 0 fully saturated rings. The summed E-state index contributed by atoms with van der Waals surface area (Å²) < 4.78 is 11.5. The van der Waals surface area contributed by atoms with Crippen LogP contribution in [0.2, 0.25) is 0 Å². The molecule has 3 N–H and O–H groups in total. The number of para-hydroxylation sites is 1. The zero-order valence-electron chi connectivity index (χ0n) is 18.5. The number of hydrogen-bond donors (Lipinski definition) is 3. The lowest BCUT2D eigenvalue weighted by molar-refractivity contribution is -0.131. The van der Waals surface area contributed by atoms with Gasteiger partial charge in [-0.05, 0) is 17.5 Å². The fourth-order valence-corrected chi connectivity index (χ4v) is 3.55. The Kier molecular flexibility index (Phi) is 7.69. The zero-order valence-corrected chi connectivity index (χ0v) is 18.5. The topological polar surface area (TPSA) is 105 Å². The van der Waals surface area contributed by atoms with Crippen LogP contribution in [0.15, 0.2) is 78.9 Å². The molecule has 172 valence electrons. The third-order valence-corrected chi connectivity index (χ3v) is 5.13. The molecule has 3 aromatic rings. The number of fused-ring (bicyclic) bond motifs is 1. The fourth-order valence-electron chi connectivity index (χ4n) is 3.55. The number of carbonyl (C=O) groups excluding carboxylic acids is 1. The maximum absolute atomic E-state index is 13.0. The van der Waals surface area contributed by atoms with Gasteiger partial charge in [0.05, 0.1) is 12.3 Å². The summed E-state index contributed by atoms with van der Waals surface area (Å²) in [7, 11) is 0. The van der Waals surface area contributed by atoms with Crippen LogP contribution in [-0.4, -0.2) is 35.5 Å². The van der Waals surface area contributed by atoms with Gasteiger partial charge in [0.2, 0.25) is 0 Å². The van der Waals surface area contributed by atoms with Crippen LogP contribution >= 0.6 is 0 Å². The van der Waals surface area contributed by atoms with Crippen molar-refractivity contribution in [1.82, 2.24) is 0 Å². The van der Waals surface area contributed by atoms with E-state index in [4.69, 9.17) is 19.7 Å². The number of carbonyl (C=O) groups is 2. The number of carboxylic acids is 1. The quantitative estimate of drug-likeness (QED) is 0.389. The second-order valence-corrected chi connectivity index (χ2v) is 8.04. The highest BCUT2D eigenvalue weighted by Gasteiger charge is 2.34. The Hall–Kier alpha value is -3.84. The summed E-state index contributed by atoms with van der Waals surface area (Å²) >= 11 is 0. The number of benzene rings is 3. The largest absolute Gasteiger partial charge is 0.491 e. The molecule has 0 aliphatic heterocycles. The highest BCUT2D eigenvalue weighted by Crippen LogP contribution is 2.42. The fraction of sp³-hybridized carbons (Fsp3) is 0.231. The molecule has 7 nitrogen and oxygen atoms in total. The lowest BCUT2D eigenvalue weighted by Crippen LogP contribution is -2.28. The molecule has 1 atom stereocenters. The lowest BCUT2D eigenvalue weighted by atomic mass is 9.81. The van der Waals surface area contributed by atoms with Crippen molar-refractivity contribution in [2.75, 3.05) is 18.5 Å². The number of carboxylic acid groups (broad SMARTS) is 1. The minimum absolute atomic E-state index is 0.0668. The van der Waals surface area contributed by atoms with E-state index in [0.29, 0.717) is 17.0 Å². The number of aliphatic hydroxyl groups is 1.